The van der Waals surface area contributed by atoms with Crippen LogP contribution in [0.15, 0.2) is 28.6 Å². The number of benzene rings is 1. The molecule has 0 saturated heterocycles. The molecular weight excluding hydrogens is 373 g/mol. The van der Waals surface area contributed by atoms with Crippen molar-refractivity contribution in [1.82, 2.24) is 15.5 Å². The molecule has 10 heteroatoms. The van der Waals surface area contributed by atoms with Gasteiger partial charge in [0, 0.05) is 6.04 Å². The minimum atomic E-state index is -4.46. The number of hydrogen-bond acceptors (Lipinski definition) is 6. The lowest BCUT2D eigenvalue weighted by molar-refractivity contribution is -0.137. The van der Waals surface area contributed by atoms with E-state index in [4.69, 9.17) is 0 Å². The number of amides is 1. The average molecular weight is 390 g/mol. The van der Waals surface area contributed by atoms with Crippen LogP contribution >= 0.6 is 23.1 Å². The first-order chi connectivity index (χ1) is 11.7. The van der Waals surface area contributed by atoms with Gasteiger partial charge in [0.25, 0.3) is 0 Å². The molecule has 2 aromatic rings. The zero-order chi connectivity index (χ0) is 18.6. The maximum Gasteiger partial charge on any atom is 0.418 e. The number of rotatable bonds is 6. The molecule has 0 saturated carbocycles. The van der Waals surface area contributed by atoms with E-state index in [-0.39, 0.29) is 28.0 Å². The summed E-state index contributed by atoms with van der Waals surface area (Å²) in [6.45, 7) is 5.45. The number of nitrogens with zero attached hydrogens (tertiary/aromatic N) is 2. The standard InChI is InChI=1S/C15H17F3N4OS2/c1-8(2)19-12(23)9(3)24-14-22-21-13(25-14)20-11-7-5-4-6-10(11)15(16,17)18/h4-9H,1-3H3,(H,19,23)(H,20,21)/t9-/m0/s1. The number of alkyl halides is 3. The quantitative estimate of drug-likeness (QED) is 0.720. The van der Waals surface area contributed by atoms with E-state index in [1.165, 1.54) is 30.0 Å². The average Bonchev–Trinajstić information content (AvgIpc) is 2.93. The van der Waals surface area contributed by atoms with Crippen LogP contribution in [-0.4, -0.2) is 27.4 Å². The summed E-state index contributed by atoms with van der Waals surface area (Å²) in [6, 6.07) is 5.19. The predicted octanol–water partition coefficient (Wildman–Crippen LogP) is 4.31. The molecule has 136 valence electrons. The summed E-state index contributed by atoms with van der Waals surface area (Å²) in [7, 11) is 0. The van der Waals surface area contributed by atoms with Gasteiger partial charge in [0.15, 0.2) is 4.34 Å². The second kappa shape index (κ2) is 8.05. The van der Waals surface area contributed by atoms with E-state index in [0.717, 1.165) is 17.4 Å². The zero-order valence-corrected chi connectivity index (χ0v) is 15.4. The summed E-state index contributed by atoms with van der Waals surface area (Å²) in [5.74, 6) is -0.132. The third kappa shape index (κ3) is 5.60. The Morgan fingerprint density at radius 1 is 1.20 bits per heavy atom. The molecule has 0 aliphatic rings. The first kappa shape index (κ1) is 19.5. The van der Waals surface area contributed by atoms with Gasteiger partial charge >= 0.3 is 6.18 Å². The molecule has 0 spiro atoms. The second-order valence-electron chi connectivity index (χ2n) is 5.46. The molecule has 0 aliphatic heterocycles. The molecule has 0 unspecified atom stereocenters. The molecule has 1 aromatic carbocycles. The van der Waals surface area contributed by atoms with Crippen molar-refractivity contribution in [3.63, 3.8) is 0 Å². The van der Waals surface area contributed by atoms with Crippen molar-refractivity contribution in [2.45, 2.75) is 42.6 Å². The topological polar surface area (TPSA) is 66.9 Å². The van der Waals surface area contributed by atoms with Crippen molar-refractivity contribution in [2.24, 2.45) is 0 Å². The Morgan fingerprint density at radius 2 is 1.88 bits per heavy atom. The van der Waals surface area contributed by atoms with Crippen LogP contribution in [-0.2, 0) is 11.0 Å². The van der Waals surface area contributed by atoms with Crippen molar-refractivity contribution < 1.29 is 18.0 Å². The van der Waals surface area contributed by atoms with Gasteiger partial charge < -0.3 is 10.6 Å². The van der Waals surface area contributed by atoms with E-state index in [9.17, 15) is 18.0 Å². The lowest BCUT2D eigenvalue weighted by Gasteiger charge is -2.12. The summed E-state index contributed by atoms with van der Waals surface area (Å²) in [6.07, 6.45) is -4.46. The van der Waals surface area contributed by atoms with E-state index < -0.39 is 11.7 Å². The maximum absolute atomic E-state index is 13.0. The fraction of sp³-hybridized carbons (Fsp3) is 0.400. The minimum Gasteiger partial charge on any atom is -0.353 e. The second-order valence-corrected chi connectivity index (χ2v) is 8.03. The highest BCUT2D eigenvalue weighted by molar-refractivity contribution is 8.02. The minimum absolute atomic E-state index is 0.0288. The van der Waals surface area contributed by atoms with Gasteiger partial charge in [0.05, 0.1) is 16.5 Å². The van der Waals surface area contributed by atoms with Crippen LogP contribution in [0.4, 0.5) is 24.0 Å². The largest absolute Gasteiger partial charge is 0.418 e. The smallest absolute Gasteiger partial charge is 0.353 e. The van der Waals surface area contributed by atoms with Crippen molar-refractivity contribution in [1.29, 1.82) is 0 Å². The van der Waals surface area contributed by atoms with E-state index in [0.29, 0.717) is 4.34 Å². The highest BCUT2D eigenvalue weighted by Crippen LogP contribution is 2.37. The Balaban J connectivity index is 2.07. The number of thioether (sulfide) groups is 1. The molecule has 0 aliphatic carbocycles. The van der Waals surface area contributed by atoms with Crippen molar-refractivity contribution in [2.75, 3.05) is 5.32 Å². The third-order valence-electron chi connectivity index (χ3n) is 2.96. The first-order valence-electron chi connectivity index (χ1n) is 7.40. The maximum atomic E-state index is 13.0. The number of carbonyl (C=O) groups is 1. The molecule has 0 bridgehead atoms. The van der Waals surface area contributed by atoms with Gasteiger partial charge in [-0.25, -0.2) is 0 Å². The van der Waals surface area contributed by atoms with Gasteiger partial charge in [-0.2, -0.15) is 13.2 Å². The van der Waals surface area contributed by atoms with Crippen LogP contribution < -0.4 is 10.6 Å². The van der Waals surface area contributed by atoms with E-state index in [1.54, 1.807) is 6.92 Å². The lowest BCUT2D eigenvalue weighted by atomic mass is 10.2. The molecule has 1 heterocycles. The summed E-state index contributed by atoms with van der Waals surface area (Å²) in [5, 5.41) is 13.0. The Labute approximate surface area is 151 Å². The molecule has 1 atom stereocenters. The Hall–Kier alpha value is -1.81. The van der Waals surface area contributed by atoms with Crippen LogP contribution in [0.2, 0.25) is 0 Å². The SMILES string of the molecule is CC(C)NC(=O)[C@H](C)Sc1nnc(Nc2ccccc2C(F)(F)F)s1. The van der Waals surface area contributed by atoms with Gasteiger partial charge in [0.2, 0.25) is 11.0 Å². The van der Waals surface area contributed by atoms with Gasteiger partial charge in [-0.3, -0.25) is 4.79 Å². The van der Waals surface area contributed by atoms with Crippen LogP contribution in [0.5, 0.6) is 0 Å². The number of para-hydroxylation sites is 1. The number of nitrogens with one attached hydrogen (secondary N) is 2. The van der Waals surface area contributed by atoms with Crippen LogP contribution in [0, 0.1) is 0 Å². The first-order valence-corrected chi connectivity index (χ1v) is 9.10. The normalized spacial score (nSPS) is 12.9. The number of anilines is 2. The number of carbonyl (C=O) groups excluding carboxylic acids is 1. The van der Waals surface area contributed by atoms with Crippen molar-refractivity contribution in [3.8, 4) is 0 Å². The molecule has 2 N–H and O–H groups in total. The summed E-state index contributed by atoms with van der Waals surface area (Å²) in [4.78, 5) is 11.9. The molecule has 25 heavy (non-hydrogen) atoms. The monoisotopic (exact) mass is 390 g/mol. The Bertz CT molecular complexity index is 734. The predicted molar refractivity (Wildman–Crippen MR) is 93.2 cm³/mol. The number of aromatic nitrogens is 2. The molecule has 0 fully saturated rings. The zero-order valence-electron chi connectivity index (χ0n) is 13.7. The van der Waals surface area contributed by atoms with Crippen LogP contribution in [0.25, 0.3) is 0 Å². The van der Waals surface area contributed by atoms with Crippen molar-refractivity contribution in [3.05, 3.63) is 29.8 Å². The van der Waals surface area contributed by atoms with Crippen LogP contribution in [0.3, 0.4) is 0 Å². The summed E-state index contributed by atoms with van der Waals surface area (Å²) >= 11 is 2.30. The lowest BCUT2D eigenvalue weighted by Crippen LogP contribution is -2.35. The molecule has 5 nitrogen and oxygen atoms in total. The third-order valence-corrected chi connectivity index (χ3v) is 4.98. The molecule has 1 aromatic heterocycles. The highest BCUT2D eigenvalue weighted by Gasteiger charge is 2.33. The van der Waals surface area contributed by atoms with E-state index in [2.05, 4.69) is 20.8 Å². The van der Waals surface area contributed by atoms with E-state index in [1.807, 2.05) is 13.8 Å². The fourth-order valence-electron chi connectivity index (χ4n) is 1.87. The highest BCUT2D eigenvalue weighted by atomic mass is 32.2. The number of halogens is 3. The van der Waals surface area contributed by atoms with Gasteiger partial charge in [-0.15, -0.1) is 10.2 Å². The van der Waals surface area contributed by atoms with Gasteiger partial charge in [0.1, 0.15) is 0 Å². The van der Waals surface area contributed by atoms with Gasteiger partial charge in [-0.1, -0.05) is 35.2 Å². The molecule has 0 radical (unpaired) electrons. The van der Waals surface area contributed by atoms with Crippen molar-refractivity contribution >= 4 is 39.8 Å². The number of hydrogen-bond donors (Lipinski definition) is 2. The molecular formula is C15H17F3N4OS2. The summed E-state index contributed by atoms with van der Waals surface area (Å²) in [5.41, 5.74) is -0.864. The summed E-state index contributed by atoms with van der Waals surface area (Å²) < 4.78 is 39.5. The van der Waals surface area contributed by atoms with E-state index >= 15 is 0 Å². The molecule has 1 amide bonds. The van der Waals surface area contributed by atoms with Crippen LogP contribution in [0.1, 0.15) is 26.3 Å². The fourth-order valence-corrected chi connectivity index (χ4v) is 3.79. The van der Waals surface area contributed by atoms with Gasteiger partial charge in [-0.05, 0) is 32.9 Å². The Morgan fingerprint density at radius 3 is 2.52 bits per heavy atom. The Kier molecular flexibility index (Phi) is 6.28. The molecule has 2 rings (SSSR count).